The van der Waals surface area contributed by atoms with Gasteiger partial charge >= 0.3 is 0 Å². The zero-order valence-corrected chi connectivity index (χ0v) is 48.1. The molecule has 78 heavy (non-hydrogen) atoms. The van der Waals surface area contributed by atoms with E-state index in [-0.39, 0.29) is 18.9 Å². The molecule has 1 amide bonds. The van der Waals surface area contributed by atoms with Gasteiger partial charge in [-0.1, -0.05) is 214 Å². The first-order chi connectivity index (χ1) is 38.1. The van der Waals surface area contributed by atoms with Crippen molar-refractivity contribution in [2.45, 2.75) is 280 Å². The number of aliphatic hydroxyl groups is 8. The highest BCUT2D eigenvalue weighted by molar-refractivity contribution is 5.76. The van der Waals surface area contributed by atoms with E-state index in [1.165, 1.54) is 89.9 Å². The van der Waals surface area contributed by atoms with Crippen molar-refractivity contribution in [2.75, 3.05) is 19.8 Å². The number of ether oxygens (including phenoxy) is 4. The fourth-order valence-corrected chi connectivity index (χ4v) is 9.36. The lowest BCUT2D eigenvalue weighted by Crippen LogP contribution is -2.65. The number of hydrogen-bond acceptors (Lipinski definition) is 13. The fraction of sp³-hybridized carbons (Fsp3) is 0.734. The fourth-order valence-electron chi connectivity index (χ4n) is 9.36. The van der Waals surface area contributed by atoms with Gasteiger partial charge in [0.1, 0.15) is 48.8 Å². The van der Waals surface area contributed by atoms with Crippen LogP contribution in [-0.4, -0.2) is 140 Å². The smallest absolute Gasteiger partial charge is 0.220 e. The van der Waals surface area contributed by atoms with Gasteiger partial charge in [0.05, 0.1) is 32.0 Å². The van der Waals surface area contributed by atoms with Gasteiger partial charge in [-0.05, 0) is 83.5 Å². The van der Waals surface area contributed by atoms with E-state index < -0.39 is 86.8 Å². The molecule has 14 heteroatoms. The van der Waals surface area contributed by atoms with E-state index in [0.29, 0.717) is 12.8 Å². The van der Waals surface area contributed by atoms with Crippen LogP contribution >= 0.6 is 0 Å². The topological polar surface area (TPSA) is 228 Å². The Bertz CT molecular complexity index is 1680. The van der Waals surface area contributed by atoms with E-state index in [9.17, 15) is 45.6 Å². The Labute approximate surface area is 471 Å². The monoisotopic (exact) mass is 1100 g/mol. The lowest BCUT2D eigenvalue weighted by Gasteiger charge is -2.46. The number of hydrogen-bond donors (Lipinski definition) is 9. The number of carbonyl (C=O) groups excluding carboxylic acids is 1. The summed E-state index contributed by atoms with van der Waals surface area (Å²) in [5, 5.41) is 86.9. The third-order valence-corrected chi connectivity index (χ3v) is 14.2. The predicted molar refractivity (Wildman–Crippen MR) is 313 cm³/mol. The molecule has 2 fully saturated rings. The average molecular weight is 1100 g/mol. The molecule has 0 radical (unpaired) electrons. The lowest BCUT2D eigenvalue weighted by atomic mass is 9.97. The summed E-state index contributed by atoms with van der Waals surface area (Å²) in [5.41, 5.74) is 0. The van der Waals surface area contributed by atoms with E-state index in [4.69, 9.17) is 18.9 Å². The van der Waals surface area contributed by atoms with Gasteiger partial charge in [0.25, 0.3) is 0 Å². The average Bonchev–Trinajstić information content (AvgIpc) is 3.47. The maximum absolute atomic E-state index is 13.2. The van der Waals surface area contributed by atoms with E-state index in [1.807, 2.05) is 6.08 Å². The largest absolute Gasteiger partial charge is 0.394 e. The standard InChI is InChI=1S/C64H109NO13/c1-3-5-7-9-11-13-15-16-17-18-19-20-21-22-23-24-25-26-27-28-29-30-31-32-33-34-35-36-38-40-42-44-46-48-56(69)65-52(53(68)47-45-43-41-39-37-14-12-10-8-6-4-2)51-75-63-61(74)59(72)62(55(50-67)77-63)78-64-60(73)58(71)57(70)54(49-66)76-64/h5,7-8,10-11,13,16-17,19-20,22-23,37,39,45,47,52-55,57-64,66-68,70-74H,3-4,6,9,12,14-15,18,21,24-36,38,40-44,46,48-51H2,1-2H3,(H,65,69)/b7-5-,10-8+,13-11-,17-16-,20-19-,23-22-,39-37+,47-45+. The van der Waals surface area contributed by atoms with Gasteiger partial charge in [-0.3, -0.25) is 4.79 Å². The second kappa shape index (κ2) is 48.6. The zero-order valence-electron chi connectivity index (χ0n) is 48.1. The van der Waals surface area contributed by atoms with Crippen LogP contribution in [0.25, 0.3) is 0 Å². The Kier molecular flexibility index (Phi) is 44.3. The SMILES string of the molecule is CC/C=C\C/C=C\C/C=C\C/C=C\C/C=C\CCCCCCCCCCCCCCCCCCCC(=O)NC(COC1OC(CO)C(OC2OC(CO)C(O)C(O)C2O)C(O)C1O)C(O)/C=C/CC/C=C/CC/C=C/CCC. The summed E-state index contributed by atoms with van der Waals surface area (Å²) in [4.78, 5) is 13.2. The van der Waals surface area contributed by atoms with Crippen LogP contribution in [-0.2, 0) is 23.7 Å². The van der Waals surface area contributed by atoms with E-state index in [0.717, 1.165) is 83.5 Å². The maximum Gasteiger partial charge on any atom is 0.220 e. The molecule has 12 unspecified atom stereocenters. The minimum atomic E-state index is -1.79. The molecule has 0 aliphatic carbocycles. The molecule has 9 N–H and O–H groups in total. The molecule has 14 nitrogen and oxygen atoms in total. The summed E-state index contributed by atoms with van der Waals surface area (Å²) in [5.74, 6) is -0.258. The first-order valence-corrected chi connectivity index (χ1v) is 30.5. The zero-order chi connectivity index (χ0) is 56.7. The Morgan fingerprint density at radius 2 is 0.897 bits per heavy atom. The van der Waals surface area contributed by atoms with Crippen LogP contribution in [0.3, 0.4) is 0 Å². The van der Waals surface area contributed by atoms with Crippen LogP contribution in [0.4, 0.5) is 0 Å². The quantitative estimate of drug-likeness (QED) is 0.0204. The maximum atomic E-state index is 13.2. The van der Waals surface area contributed by atoms with Crippen molar-refractivity contribution in [1.29, 1.82) is 0 Å². The number of carbonyl (C=O) groups is 1. The molecule has 2 aliphatic heterocycles. The third-order valence-electron chi connectivity index (χ3n) is 14.2. The van der Waals surface area contributed by atoms with Crippen LogP contribution in [0.5, 0.6) is 0 Å². The van der Waals surface area contributed by atoms with Crippen molar-refractivity contribution < 1.29 is 64.6 Å². The Morgan fingerprint density at radius 3 is 1.40 bits per heavy atom. The summed E-state index contributed by atoms with van der Waals surface area (Å²) in [6.45, 7) is 2.56. The predicted octanol–water partition coefficient (Wildman–Crippen LogP) is 10.7. The number of amides is 1. The van der Waals surface area contributed by atoms with Crippen molar-refractivity contribution in [2.24, 2.45) is 0 Å². The molecule has 0 spiro atoms. The van der Waals surface area contributed by atoms with Crippen LogP contribution in [0, 0.1) is 0 Å². The summed E-state index contributed by atoms with van der Waals surface area (Å²) in [6, 6.07) is -0.940. The second-order valence-corrected chi connectivity index (χ2v) is 21.1. The molecule has 0 aromatic rings. The number of unbranched alkanes of at least 4 members (excludes halogenated alkanes) is 20. The Hall–Kier alpha value is -3.09. The molecule has 448 valence electrons. The minimum Gasteiger partial charge on any atom is -0.394 e. The van der Waals surface area contributed by atoms with Crippen molar-refractivity contribution in [3.8, 4) is 0 Å². The van der Waals surface area contributed by atoms with Gasteiger partial charge in [-0.15, -0.1) is 0 Å². The van der Waals surface area contributed by atoms with E-state index in [1.54, 1.807) is 6.08 Å². The number of aliphatic hydroxyl groups excluding tert-OH is 8. The van der Waals surface area contributed by atoms with E-state index >= 15 is 0 Å². The summed E-state index contributed by atoms with van der Waals surface area (Å²) < 4.78 is 22.7. The van der Waals surface area contributed by atoms with Crippen LogP contribution in [0.15, 0.2) is 97.2 Å². The van der Waals surface area contributed by atoms with Crippen molar-refractivity contribution in [3.63, 3.8) is 0 Å². The van der Waals surface area contributed by atoms with Crippen molar-refractivity contribution in [3.05, 3.63) is 97.2 Å². The van der Waals surface area contributed by atoms with Crippen molar-refractivity contribution >= 4 is 5.91 Å². The van der Waals surface area contributed by atoms with E-state index in [2.05, 4.69) is 104 Å². The number of rotatable bonds is 47. The molecular weight excluding hydrogens is 991 g/mol. The van der Waals surface area contributed by atoms with Gasteiger partial charge in [0.2, 0.25) is 5.91 Å². The van der Waals surface area contributed by atoms with Crippen LogP contribution in [0.2, 0.25) is 0 Å². The third kappa shape index (κ3) is 33.6. The van der Waals surface area contributed by atoms with Crippen LogP contribution < -0.4 is 5.32 Å². The Morgan fingerprint density at radius 1 is 0.474 bits per heavy atom. The molecule has 0 saturated carbocycles. The number of allylic oxidation sites excluding steroid dienone is 15. The first kappa shape index (κ1) is 71.0. The lowest BCUT2D eigenvalue weighted by molar-refractivity contribution is -0.359. The van der Waals surface area contributed by atoms with Gasteiger partial charge in [-0.25, -0.2) is 0 Å². The summed E-state index contributed by atoms with van der Waals surface area (Å²) in [6.07, 6.45) is 50.5. The summed E-state index contributed by atoms with van der Waals surface area (Å²) in [7, 11) is 0. The molecule has 2 rings (SSSR count). The minimum absolute atomic E-state index is 0.258. The molecule has 2 heterocycles. The molecular formula is C64H109NO13. The Balaban J connectivity index is 1.63. The van der Waals surface area contributed by atoms with Crippen LogP contribution in [0.1, 0.15) is 206 Å². The van der Waals surface area contributed by atoms with Gasteiger partial charge in [0.15, 0.2) is 12.6 Å². The molecule has 12 atom stereocenters. The number of nitrogens with one attached hydrogen (secondary N) is 1. The normalized spacial score (nSPS) is 25.3. The molecule has 0 bridgehead atoms. The highest BCUT2D eigenvalue weighted by Crippen LogP contribution is 2.30. The second-order valence-electron chi connectivity index (χ2n) is 21.1. The first-order valence-electron chi connectivity index (χ1n) is 30.5. The highest BCUT2D eigenvalue weighted by Gasteiger charge is 2.51. The van der Waals surface area contributed by atoms with Gasteiger partial charge in [0, 0.05) is 6.42 Å². The van der Waals surface area contributed by atoms with Gasteiger partial charge in [-0.2, -0.15) is 0 Å². The van der Waals surface area contributed by atoms with Gasteiger partial charge < -0.3 is 65.1 Å². The molecule has 0 aromatic carbocycles. The molecule has 0 aromatic heterocycles. The molecule has 2 aliphatic rings. The summed E-state index contributed by atoms with van der Waals surface area (Å²) >= 11 is 0. The molecule has 2 saturated heterocycles. The highest BCUT2D eigenvalue weighted by atomic mass is 16.7. The van der Waals surface area contributed by atoms with Crippen molar-refractivity contribution in [1.82, 2.24) is 5.32 Å².